The maximum atomic E-state index is 12.2. The number of ether oxygens (including phenoxy) is 1. The van der Waals surface area contributed by atoms with Crippen LogP contribution in [0.15, 0.2) is 24.3 Å². The number of aromatic nitrogens is 4. The van der Waals surface area contributed by atoms with Crippen LogP contribution in [-0.2, 0) is 17.8 Å². The number of hydrogen-bond acceptors (Lipinski definition) is 6. The molecule has 0 aliphatic rings. The highest BCUT2D eigenvalue weighted by Crippen LogP contribution is 2.24. The summed E-state index contributed by atoms with van der Waals surface area (Å²) in [6.45, 7) is 3.89. The van der Waals surface area contributed by atoms with Gasteiger partial charge in [-0.3, -0.25) is 4.79 Å². The Kier molecular flexibility index (Phi) is 7.21. The van der Waals surface area contributed by atoms with Crippen LogP contribution in [0.1, 0.15) is 29.2 Å². The van der Waals surface area contributed by atoms with Crippen molar-refractivity contribution in [3.8, 4) is 5.75 Å². The molecule has 3 rings (SSSR count). The zero-order valence-electron chi connectivity index (χ0n) is 16.2. The zero-order chi connectivity index (χ0) is 21.2. The van der Waals surface area contributed by atoms with E-state index in [1.165, 1.54) is 12.1 Å². The highest BCUT2D eigenvalue weighted by atomic mass is 35.5. The molecular formula is C18H20ClF3N6O2. The maximum Gasteiger partial charge on any atom is 0.573 e. The molecule has 1 aromatic carbocycles. The van der Waals surface area contributed by atoms with E-state index in [0.29, 0.717) is 23.7 Å². The van der Waals surface area contributed by atoms with E-state index >= 15 is 0 Å². The molecule has 2 aromatic heterocycles. The van der Waals surface area contributed by atoms with Crippen LogP contribution in [0.3, 0.4) is 0 Å². The number of amides is 1. The largest absolute Gasteiger partial charge is 0.573 e. The van der Waals surface area contributed by atoms with Crippen molar-refractivity contribution in [3.63, 3.8) is 0 Å². The second-order valence-corrected chi connectivity index (χ2v) is 6.33. The van der Waals surface area contributed by atoms with Crippen LogP contribution in [0, 0.1) is 13.8 Å². The number of carbonyl (C=O) groups excluding carboxylic acids is 1. The van der Waals surface area contributed by atoms with Crippen molar-refractivity contribution in [2.24, 2.45) is 5.73 Å². The third-order valence-corrected chi connectivity index (χ3v) is 4.25. The topological polar surface area (TPSA) is 107 Å². The number of nitrogens with two attached hydrogens (primary N) is 1. The second kappa shape index (κ2) is 9.26. The van der Waals surface area contributed by atoms with E-state index in [2.05, 4.69) is 25.1 Å². The number of nitrogens with zero attached hydrogens (tertiary/aromatic N) is 4. The van der Waals surface area contributed by atoms with Crippen molar-refractivity contribution in [1.82, 2.24) is 19.6 Å². The molecule has 8 nitrogen and oxygen atoms in total. The zero-order valence-corrected chi connectivity index (χ0v) is 17.0. The fraction of sp³-hybridized carbons (Fsp3) is 0.333. The smallest absolute Gasteiger partial charge is 0.406 e. The molecule has 0 saturated carbocycles. The highest BCUT2D eigenvalue weighted by molar-refractivity contribution is 5.90. The Balaban J connectivity index is 0.00000320. The molecule has 162 valence electrons. The molecule has 3 aromatic rings. The lowest BCUT2D eigenvalue weighted by Gasteiger charge is -2.11. The Morgan fingerprint density at radius 2 is 1.87 bits per heavy atom. The minimum Gasteiger partial charge on any atom is -0.406 e. The molecular weight excluding hydrogens is 425 g/mol. The number of rotatable bonds is 6. The predicted molar refractivity (Wildman–Crippen MR) is 105 cm³/mol. The first kappa shape index (κ1) is 23.4. The second-order valence-electron chi connectivity index (χ2n) is 6.33. The number of anilines is 1. The van der Waals surface area contributed by atoms with Gasteiger partial charge in [-0.15, -0.1) is 30.7 Å². The summed E-state index contributed by atoms with van der Waals surface area (Å²) in [4.78, 5) is 20.9. The van der Waals surface area contributed by atoms with Gasteiger partial charge in [0.15, 0.2) is 5.82 Å². The molecule has 0 unspecified atom stereocenters. The SMILES string of the molecule is Cc1nc2nc(CN)nn2c(C)c1CCC(=O)Nc1ccc(OC(F)(F)F)cc1.Cl. The number of halogens is 4. The van der Waals surface area contributed by atoms with Gasteiger partial charge in [0.05, 0.1) is 6.54 Å². The van der Waals surface area contributed by atoms with Crippen molar-refractivity contribution < 1.29 is 22.7 Å². The van der Waals surface area contributed by atoms with Gasteiger partial charge in [0, 0.05) is 23.5 Å². The van der Waals surface area contributed by atoms with Crippen molar-refractivity contribution in [2.75, 3.05) is 5.32 Å². The van der Waals surface area contributed by atoms with E-state index in [9.17, 15) is 18.0 Å². The summed E-state index contributed by atoms with van der Waals surface area (Å²) in [7, 11) is 0. The summed E-state index contributed by atoms with van der Waals surface area (Å²) in [6.07, 6.45) is -4.18. The van der Waals surface area contributed by atoms with E-state index < -0.39 is 6.36 Å². The van der Waals surface area contributed by atoms with Gasteiger partial charge in [-0.05, 0) is 50.1 Å². The molecule has 12 heteroatoms. The van der Waals surface area contributed by atoms with Crippen LogP contribution in [0.25, 0.3) is 5.78 Å². The molecule has 0 radical (unpaired) electrons. The number of fused-ring (bicyclic) bond motifs is 1. The van der Waals surface area contributed by atoms with Gasteiger partial charge in [-0.1, -0.05) is 0 Å². The van der Waals surface area contributed by atoms with Crippen molar-refractivity contribution >= 4 is 29.8 Å². The number of hydrogen-bond donors (Lipinski definition) is 2. The summed E-state index contributed by atoms with van der Waals surface area (Å²) < 4.78 is 42.0. The Morgan fingerprint density at radius 3 is 2.47 bits per heavy atom. The molecule has 0 atom stereocenters. The lowest BCUT2D eigenvalue weighted by atomic mass is 10.1. The van der Waals surface area contributed by atoms with Crippen LogP contribution >= 0.6 is 12.4 Å². The molecule has 0 aliphatic carbocycles. The van der Waals surface area contributed by atoms with Crippen LogP contribution in [0.5, 0.6) is 5.75 Å². The lowest BCUT2D eigenvalue weighted by Crippen LogP contribution is -2.17. The first-order chi connectivity index (χ1) is 13.7. The average molecular weight is 445 g/mol. The minimum atomic E-state index is -4.76. The fourth-order valence-corrected chi connectivity index (χ4v) is 2.90. The molecule has 0 aliphatic heterocycles. The summed E-state index contributed by atoms with van der Waals surface area (Å²) in [5, 5.41) is 6.93. The third-order valence-electron chi connectivity index (χ3n) is 4.25. The number of benzene rings is 1. The monoisotopic (exact) mass is 444 g/mol. The minimum absolute atomic E-state index is 0. The number of carbonyl (C=O) groups is 1. The van der Waals surface area contributed by atoms with Crippen LogP contribution < -0.4 is 15.8 Å². The Morgan fingerprint density at radius 1 is 1.20 bits per heavy atom. The van der Waals surface area contributed by atoms with Gasteiger partial charge in [-0.2, -0.15) is 4.98 Å². The maximum absolute atomic E-state index is 12.2. The molecule has 0 spiro atoms. The standard InChI is InChI=1S/C18H19F3N6O2.ClH/c1-10-14(11(2)27-17(23-10)25-15(9-22)26-27)7-8-16(28)24-12-3-5-13(6-4-12)29-18(19,20)21;/h3-6H,7-9,22H2,1-2H3,(H,24,28);1H. The van der Waals surface area contributed by atoms with Gasteiger partial charge in [0.1, 0.15) is 5.75 Å². The fourth-order valence-electron chi connectivity index (χ4n) is 2.90. The molecule has 0 fully saturated rings. The van der Waals surface area contributed by atoms with Crippen molar-refractivity contribution in [1.29, 1.82) is 0 Å². The Labute approximate surface area is 176 Å². The first-order valence-electron chi connectivity index (χ1n) is 8.73. The summed E-state index contributed by atoms with van der Waals surface area (Å²) in [5.41, 5.74) is 8.37. The molecule has 30 heavy (non-hydrogen) atoms. The predicted octanol–water partition coefficient (Wildman–Crippen LogP) is 3.09. The van der Waals surface area contributed by atoms with E-state index in [1.807, 2.05) is 13.8 Å². The number of nitrogens with one attached hydrogen (secondary N) is 1. The molecule has 3 N–H and O–H groups in total. The Bertz CT molecular complexity index is 1040. The number of aryl methyl sites for hydroxylation is 2. The van der Waals surface area contributed by atoms with Gasteiger partial charge in [0.25, 0.3) is 5.78 Å². The van der Waals surface area contributed by atoms with Gasteiger partial charge < -0.3 is 15.8 Å². The van der Waals surface area contributed by atoms with Gasteiger partial charge in [-0.25, -0.2) is 9.50 Å². The van der Waals surface area contributed by atoms with E-state index in [4.69, 9.17) is 5.73 Å². The van der Waals surface area contributed by atoms with Crippen LogP contribution in [0.4, 0.5) is 18.9 Å². The van der Waals surface area contributed by atoms with Crippen molar-refractivity contribution in [3.05, 3.63) is 47.0 Å². The molecule has 2 heterocycles. The molecule has 1 amide bonds. The van der Waals surface area contributed by atoms with E-state index in [0.717, 1.165) is 29.1 Å². The Hall–Kier alpha value is -2.92. The van der Waals surface area contributed by atoms with Gasteiger partial charge in [0.2, 0.25) is 5.91 Å². The summed E-state index contributed by atoms with van der Waals surface area (Å²) >= 11 is 0. The van der Waals surface area contributed by atoms with Crippen LogP contribution in [0.2, 0.25) is 0 Å². The normalized spacial score (nSPS) is 11.3. The first-order valence-corrected chi connectivity index (χ1v) is 8.73. The van der Waals surface area contributed by atoms with Crippen molar-refractivity contribution in [2.45, 2.75) is 39.6 Å². The highest BCUT2D eigenvalue weighted by Gasteiger charge is 2.31. The number of alkyl halides is 3. The summed E-state index contributed by atoms with van der Waals surface area (Å²) in [6, 6.07) is 4.95. The van der Waals surface area contributed by atoms with Gasteiger partial charge >= 0.3 is 6.36 Å². The van der Waals surface area contributed by atoms with E-state index in [1.54, 1.807) is 4.52 Å². The lowest BCUT2D eigenvalue weighted by molar-refractivity contribution is -0.274. The summed E-state index contributed by atoms with van der Waals surface area (Å²) in [5.74, 6) is 0.295. The molecule has 0 bridgehead atoms. The quantitative estimate of drug-likeness (QED) is 0.605. The third kappa shape index (κ3) is 5.57. The van der Waals surface area contributed by atoms with E-state index in [-0.39, 0.29) is 37.0 Å². The van der Waals surface area contributed by atoms with Crippen LogP contribution in [-0.4, -0.2) is 31.9 Å². The average Bonchev–Trinajstić information content (AvgIpc) is 3.05. The molecule has 0 saturated heterocycles.